The van der Waals surface area contributed by atoms with Crippen LogP contribution in [0.2, 0.25) is 0 Å². The Morgan fingerprint density at radius 1 is 1.53 bits per heavy atom. The van der Waals surface area contributed by atoms with Crippen LogP contribution in [0.1, 0.15) is 9.67 Å². The van der Waals surface area contributed by atoms with Gasteiger partial charge < -0.3 is 15.3 Å². The quantitative estimate of drug-likeness (QED) is 0.853. The summed E-state index contributed by atoms with van der Waals surface area (Å²) in [7, 11) is 0. The minimum atomic E-state index is -1.01. The van der Waals surface area contributed by atoms with Crippen LogP contribution in [0.5, 0.6) is 0 Å². The molecule has 80 valence electrons. The average molecular weight is 246 g/mol. The number of nitrogens with two attached hydrogens (primary N) is 1. The van der Waals surface area contributed by atoms with E-state index in [2.05, 4.69) is 0 Å². The zero-order chi connectivity index (χ0) is 10.1. The van der Waals surface area contributed by atoms with Gasteiger partial charge in [0.15, 0.2) is 0 Å². The molecule has 0 aliphatic heterocycles. The highest BCUT2D eigenvalue weighted by atomic mass is 35.5. The summed E-state index contributed by atoms with van der Waals surface area (Å²) in [5.74, 6) is -0.375. The predicted octanol–water partition coefficient (Wildman–Crippen LogP) is 2.71. The summed E-state index contributed by atoms with van der Waals surface area (Å²) < 4.78 is 5.13. The number of carbonyl (C=O) groups is 1. The molecule has 3 N–H and O–H groups in total. The minimum absolute atomic E-state index is 0. The first-order valence-corrected chi connectivity index (χ1v) is 4.66. The number of furan rings is 1. The van der Waals surface area contributed by atoms with Gasteiger partial charge in [0.2, 0.25) is 0 Å². The van der Waals surface area contributed by atoms with E-state index in [-0.39, 0.29) is 23.0 Å². The van der Waals surface area contributed by atoms with Crippen LogP contribution in [-0.4, -0.2) is 11.1 Å². The molecule has 0 bridgehead atoms. The Hall–Kier alpha value is -1.46. The number of aromatic carboxylic acids is 1. The van der Waals surface area contributed by atoms with Crippen LogP contribution in [-0.2, 0) is 0 Å². The molecule has 15 heavy (non-hydrogen) atoms. The van der Waals surface area contributed by atoms with Crippen LogP contribution in [0, 0.1) is 0 Å². The Labute approximate surface area is 95.7 Å². The Balaban J connectivity index is 0.00000112. The number of carboxylic acids is 1. The molecule has 0 saturated heterocycles. The van der Waals surface area contributed by atoms with Gasteiger partial charge in [0.05, 0.1) is 16.8 Å². The van der Waals surface area contributed by atoms with Crippen molar-refractivity contribution in [1.29, 1.82) is 0 Å². The molecule has 0 aromatic carbocycles. The Kier molecular flexibility index (Phi) is 3.39. The van der Waals surface area contributed by atoms with Gasteiger partial charge in [-0.25, -0.2) is 4.79 Å². The van der Waals surface area contributed by atoms with Crippen molar-refractivity contribution in [3.8, 4) is 10.6 Å². The first-order valence-electron chi connectivity index (χ1n) is 3.85. The Morgan fingerprint density at radius 3 is 2.73 bits per heavy atom. The second-order valence-corrected chi connectivity index (χ2v) is 3.73. The van der Waals surface area contributed by atoms with Gasteiger partial charge in [-0.2, -0.15) is 0 Å². The number of anilines is 1. The zero-order valence-corrected chi connectivity index (χ0v) is 9.10. The summed E-state index contributed by atoms with van der Waals surface area (Å²) >= 11 is 1.11. The van der Waals surface area contributed by atoms with E-state index >= 15 is 0 Å². The summed E-state index contributed by atoms with van der Waals surface area (Å²) in [5, 5.41) is 8.78. The van der Waals surface area contributed by atoms with Crippen LogP contribution >= 0.6 is 23.7 Å². The van der Waals surface area contributed by atoms with Crippen molar-refractivity contribution < 1.29 is 14.3 Å². The van der Waals surface area contributed by atoms with Crippen molar-refractivity contribution in [3.05, 3.63) is 29.3 Å². The number of hydrogen-bond acceptors (Lipinski definition) is 4. The van der Waals surface area contributed by atoms with Crippen LogP contribution in [0.25, 0.3) is 10.6 Å². The highest BCUT2D eigenvalue weighted by Gasteiger charge is 2.14. The second-order valence-electron chi connectivity index (χ2n) is 2.68. The molecule has 0 unspecified atom stereocenters. The third kappa shape index (κ3) is 2.14. The SMILES string of the molecule is Cl.Nc1cc(-c2ccco2)sc1C(=O)O. The highest BCUT2D eigenvalue weighted by molar-refractivity contribution is 7.17. The molecule has 4 nitrogen and oxygen atoms in total. The lowest BCUT2D eigenvalue weighted by Gasteiger charge is -1.87. The van der Waals surface area contributed by atoms with E-state index in [9.17, 15) is 4.79 Å². The fourth-order valence-corrected chi connectivity index (χ4v) is 2.00. The molecule has 0 radical (unpaired) electrons. The van der Waals surface area contributed by atoms with Gasteiger partial charge in [-0.1, -0.05) is 0 Å². The lowest BCUT2D eigenvalue weighted by Crippen LogP contribution is -1.96. The summed E-state index contributed by atoms with van der Waals surface area (Å²) in [6, 6.07) is 5.11. The molecular formula is C9H8ClNO3S. The number of hydrogen-bond donors (Lipinski definition) is 2. The van der Waals surface area contributed by atoms with E-state index in [4.69, 9.17) is 15.3 Å². The van der Waals surface area contributed by atoms with Crippen molar-refractivity contribution in [3.63, 3.8) is 0 Å². The maximum Gasteiger partial charge on any atom is 0.348 e. The fourth-order valence-electron chi connectivity index (χ4n) is 1.11. The first kappa shape index (κ1) is 11.6. The van der Waals surface area contributed by atoms with Crippen molar-refractivity contribution in [2.45, 2.75) is 0 Å². The topological polar surface area (TPSA) is 76.5 Å². The number of thiophene rings is 1. The van der Waals surface area contributed by atoms with Gasteiger partial charge in [-0.3, -0.25) is 0 Å². The minimum Gasteiger partial charge on any atom is -0.477 e. The first-order chi connectivity index (χ1) is 6.68. The molecule has 0 aliphatic carbocycles. The van der Waals surface area contributed by atoms with Gasteiger partial charge in [-0.05, 0) is 18.2 Å². The van der Waals surface area contributed by atoms with E-state index in [1.54, 1.807) is 18.2 Å². The molecule has 2 aromatic rings. The molecule has 0 aliphatic rings. The molecule has 0 spiro atoms. The largest absolute Gasteiger partial charge is 0.477 e. The summed E-state index contributed by atoms with van der Waals surface area (Å²) in [5.41, 5.74) is 5.81. The highest BCUT2D eigenvalue weighted by Crippen LogP contribution is 2.33. The van der Waals surface area contributed by atoms with Gasteiger partial charge in [0.1, 0.15) is 10.6 Å². The van der Waals surface area contributed by atoms with Crippen LogP contribution in [0.4, 0.5) is 5.69 Å². The molecule has 2 heterocycles. The Morgan fingerprint density at radius 2 is 2.27 bits per heavy atom. The summed E-state index contributed by atoms with van der Waals surface area (Å²) in [6.45, 7) is 0. The molecule has 0 saturated carbocycles. The molecule has 2 aromatic heterocycles. The van der Waals surface area contributed by atoms with E-state index in [1.165, 1.54) is 6.26 Å². The molecule has 2 rings (SSSR count). The maximum atomic E-state index is 10.7. The lowest BCUT2D eigenvalue weighted by molar-refractivity contribution is 0.0703. The summed E-state index contributed by atoms with van der Waals surface area (Å²) in [4.78, 5) is 11.6. The second kappa shape index (κ2) is 4.37. The standard InChI is InChI=1S/C9H7NO3S.ClH/c10-5-4-7(6-2-1-3-13-6)14-8(5)9(11)12;/h1-4H,10H2,(H,11,12);1H. The van der Waals surface area contributed by atoms with Crippen LogP contribution < -0.4 is 5.73 Å². The zero-order valence-electron chi connectivity index (χ0n) is 7.47. The predicted molar refractivity (Wildman–Crippen MR) is 60.6 cm³/mol. The number of rotatable bonds is 2. The fraction of sp³-hybridized carbons (Fsp3) is 0. The smallest absolute Gasteiger partial charge is 0.348 e. The molecule has 0 atom stereocenters. The van der Waals surface area contributed by atoms with E-state index < -0.39 is 5.97 Å². The van der Waals surface area contributed by atoms with E-state index in [1.807, 2.05) is 0 Å². The van der Waals surface area contributed by atoms with E-state index in [0.29, 0.717) is 5.76 Å². The maximum absolute atomic E-state index is 10.7. The van der Waals surface area contributed by atoms with Gasteiger partial charge in [-0.15, -0.1) is 23.7 Å². The lowest BCUT2D eigenvalue weighted by atomic mass is 10.3. The van der Waals surface area contributed by atoms with Crippen LogP contribution in [0.3, 0.4) is 0 Å². The van der Waals surface area contributed by atoms with Gasteiger partial charge in [0.25, 0.3) is 0 Å². The van der Waals surface area contributed by atoms with E-state index in [0.717, 1.165) is 16.2 Å². The molecule has 0 amide bonds. The van der Waals surface area contributed by atoms with Crippen LogP contribution in [0.15, 0.2) is 28.9 Å². The van der Waals surface area contributed by atoms with Gasteiger partial charge >= 0.3 is 5.97 Å². The third-order valence-electron chi connectivity index (χ3n) is 1.72. The monoisotopic (exact) mass is 245 g/mol. The summed E-state index contributed by atoms with van der Waals surface area (Å²) in [6.07, 6.45) is 1.53. The number of carboxylic acid groups (broad SMARTS) is 1. The number of nitrogen functional groups attached to an aromatic ring is 1. The molecule has 6 heteroatoms. The molecular weight excluding hydrogens is 238 g/mol. The number of halogens is 1. The normalized spacial score (nSPS) is 9.60. The molecule has 0 fully saturated rings. The average Bonchev–Trinajstić information content (AvgIpc) is 2.70. The van der Waals surface area contributed by atoms with Crippen molar-refractivity contribution in [1.82, 2.24) is 0 Å². The van der Waals surface area contributed by atoms with Gasteiger partial charge in [0, 0.05) is 0 Å². The third-order valence-corrected chi connectivity index (χ3v) is 2.87. The van der Waals surface area contributed by atoms with Crippen molar-refractivity contribution in [2.75, 3.05) is 5.73 Å². The van der Waals surface area contributed by atoms with Crippen molar-refractivity contribution >= 4 is 35.4 Å². The van der Waals surface area contributed by atoms with Crippen molar-refractivity contribution in [2.24, 2.45) is 0 Å². The Bertz CT molecular complexity index is 464.